The van der Waals surface area contributed by atoms with E-state index in [1.807, 2.05) is 0 Å². The first-order valence-electron chi connectivity index (χ1n) is 24.3. The van der Waals surface area contributed by atoms with Crippen LogP contribution < -0.4 is 0 Å². The summed E-state index contributed by atoms with van der Waals surface area (Å²) >= 11 is 0. The van der Waals surface area contributed by atoms with Crippen molar-refractivity contribution in [3.8, 4) is 0 Å². The lowest BCUT2D eigenvalue weighted by atomic mass is 9.33. The Bertz CT molecular complexity index is 1780. The molecule has 3 heterocycles. The van der Waals surface area contributed by atoms with E-state index in [1.165, 1.54) is 26.9 Å². The number of aliphatic hydroxyl groups excluding tert-OH is 1. The first-order valence-corrected chi connectivity index (χ1v) is 24.3. The molecule has 17 atom stereocenters. The van der Waals surface area contributed by atoms with Gasteiger partial charge in [0.05, 0.1) is 32.3 Å². The van der Waals surface area contributed by atoms with Crippen LogP contribution in [0.3, 0.4) is 0 Å². The molecule has 8 rings (SSSR count). The van der Waals surface area contributed by atoms with Crippen molar-refractivity contribution in [1.82, 2.24) is 0 Å². The number of hydrogen-bond acceptors (Lipinski definition) is 15. The molecule has 370 valence electrons. The minimum atomic E-state index is -1.31. The fourth-order valence-corrected chi connectivity index (χ4v) is 15.2. The highest BCUT2D eigenvalue weighted by Gasteiger charge is 2.70. The van der Waals surface area contributed by atoms with Crippen molar-refractivity contribution in [2.45, 2.75) is 194 Å². The van der Waals surface area contributed by atoms with E-state index < -0.39 is 72.5 Å². The quantitative estimate of drug-likeness (QED) is 0.0935. The molecule has 5 aliphatic carbocycles. The van der Waals surface area contributed by atoms with Crippen molar-refractivity contribution in [2.24, 2.45) is 50.2 Å². The van der Waals surface area contributed by atoms with Gasteiger partial charge in [-0.2, -0.15) is 0 Å². The molecule has 0 aromatic rings. The topological polar surface area (TPSA) is 165 Å². The fraction of sp³-hybridized carbons (Fsp3) is 0.920. The van der Waals surface area contributed by atoms with Crippen LogP contribution in [-0.4, -0.2) is 133 Å². The first kappa shape index (κ1) is 49.7. The van der Waals surface area contributed by atoms with Crippen LogP contribution in [0, 0.1) is 50.2 Å². The Labute approximate surface area is 386 Å². The predicted octanol–water partition coefficient (Wildman–Crippen LogP) is 6.84. The normalized spacial score (nSPS) is 47.2. The van der Waals surface area contributed by atoms with Crippen LogP contribution in [0.15, 0.2) is 11.6 Å². The van der Waals surface area contributed by atoms with E-state index in [4.69, 9.17) is 56.8 Å². The monoisotopic (exact) mass is 921 g/mol. The van der Waals surface area contributed by atoms with Crippen LogP contribution in [0.2, 0.25) is 0 Å². The van der Waals surface area contributed by atoms with Gasteiger partial charge >= 0.3 is 11.9 Å². The standard InChI is InChI=1S/C50H80O15/c1-44(2)20-22-50(43(53)57-13)23-21-48(8)28(29(50)24-44)14-15-32-47(7)18-17-33(45(3,4)31(47)16-19-49(32,48)9)61-42-39(60-27-55-11)37(36(59-26-54-10)38(63-42)40(52)56-12)62-41-34(51)35-30(25-58-41)64-46(5,6)65-35/h14,29-39,41-42,51H,15-27H2,1-13H3/t29-,30-,31-,32+,33-,34+,35-,36-,37-,38-,39+,41-,42+,47-,48+,49+,50-/m0/s1. The van der Waals surface area contributed by atoms with Gasteiger partial charge in [0.25, 0.3) is 0 Å². The molecule has 0 aromatic heterocycles. The SMILES string of the molecule is COCO[C@H]1[C@H](O[C@H]2CC[C@]3(C)[C@H]4CC=C5[C@@H]6CC(C)(C)CC[C@]6(C(=O)OC)CC[C@@]5(C)[C@]4(C)CC[C@H]3C2(C)C)O[C@H](C(=O)OC)[C@@H](OCOC)[C@@H]1O[C@@H]1OC[C@@H]2OC(C)(C)O[C@@H]2[C@H]1O. The number of carbonyl (C=O) groups excluding carboxylic acids is 2. The number of carbonyl (C=O) groups is 2. The Balaban J connectivity index is 1.08. The molecule has 65 heavy (non-hydrogen) atoms. The zero-order valence-corrected chi connectivity index (χ0v) is 41.4. The lowest BCUT2D eigenvalue weighted by Gasteiger charge is -2.71. The number of rotatable bonds is 12. The molecule has 3 saturated heterocycles. The molecular weight excluding hydrogens is 841 g/mol. The molecule has 0 radical (unpaired) electrons. The van der Waals surface area contributed by atoms with Crippen LogP contribution in [-0.2, 0) is 66.4 Å². The van der Waals surface area contributed by atoms with Crippen molar-refractivity contribution in [3.63, 3.8) is 0 Å². The molecule has 0 aromatic carbocycles. The Kier molecular flexibility index (Phi) is 13.7. The van der Waals surface area contributed by atoms with E-state index in [2.05, 4.69) is 54.5 Å². The first-order chi connectivity index (χ1) is 30.6. The minimum absolute atomic E-state index is 0.00428. The van der Waals surface area contributed by atoms with E-state index in [9.17, 15) is 14.7 Å². The molecule has 7 fully saturated rings. The Morgan fingerprint density at radius 3 is 2.12 bits per heavy atom. The van der Waals surface area contributed by atoms with Crippen LogP contribution >= 0.6 is 0 Å². The third kappa shape index (κ3) is 8.17. The number of aliphatic hydroxyl groups is 1. The minimum Gasteiger partial charge on any atom is -0.469 e. The van der Waals surface area contributed by atoms with Gasteiger partial charge in [-0.05, 0) is 123 Å². The van der Waals surface area contributed by atoms with Gasteiger partial charge in [-0.1, -0.05) is 60.1 Å². The highest BCUT2D eigenvalue weighted by Crippen LogP contribution is 2.76. The second kappa shape index (κ2) is 17.9. The number of esters is 2. The summed E-state index contributed by atoms with van der Waals surface area (Å²) in [5.41, 5.74) is 0.886. The molecule has 15 heteroatoms. The molecule has 0 unspecified atom stereocenters. The Morgan fingerprint density at radius 2 is 1.45 bits per heavy atom. The molecule has 0 bridgehead atoms. The molecular formula is C50H80O15. The Hall–Kier alpha value is -1.76. The van der Waals surface area contributed by atoms with E-state index in [0.29, 0.717) is 11.8 Å². The summed E-state index contributed by atoms with van der Waals surface area (Å²) in [6.45, 7) is 20.3. The second-order valence-electron chi connectivity index (χ2n) is 23.3. The molecule has 3 aliphatic heterocycles. The van der Waals surface area contributed by atoms with Gasteiger partial charge in [0.1, 0.15) is 50.2 Å². The molecule has 1 N–H and O–H groups in total. The highest BCUT2D eigenvalue weighted by atomic mass is 16.8. The van der Waals surface area contributed by atoms with Crippen LogP contribution in [0.5, 0.6) is 0 Å². The van der Waals surface area contributed by atoms with Crippen molar-refractivity contribution < 1.29 is 71.5 Å². The van der Waals surface area contributed by atoms with Crippen molar-refractivity contribution in [3.05, 3.63) is 11.6 Å². The zero-order valence-electron chi connectivity index (χ0n) is 41.4. The summed E-state index contributed by atoms with van der Waals surface area (Å²) in [4.78, 5) is 27.4. The average molecular weight is 921 g/mol. The van der Waals surface area contributed by atoms with Crippen molar-refractivity contribution in [1.29, 1.82) is 0 Å². The number of methoxy groups -OCH3 is 4. The molecule has 15 nitrogen and oxygen atoms in total. The van der Waals surface area contributed by atoms with Crippen LogP contribution in [0.25, 0.3) is 0 Å². The third-order valence-corrected chi connectivity index (χ3v) is 18.7. The third-order valence-electron chi connectivity index (χ3n) is 18.7. The van der Waals surface area contributed by atoms with Gasteiger partial charge in [-0.3, -0.25) is 4.79 Å². The van der Waals surface area contributed by atoms with Crippen LogP contribution in [0.4, 0.5) is 0 Å². The number of ether oxygens (including phenoxy) is 12. The Morgan fingerprint density at radius 1 is 0.754 bits per heavy atom. The molecule has 8 aliphatic rings. The maximum atomic E-state index is 13.8. The second-order valence-corrected chi connectivity index (χ2v) is 23.3. The summed E-state index contributed by atoms with van der Waals surface area (Å²) in [6.07, 6.45) is 2.44. The molecule has 0 spiro atoms. The summed E-state index contributed by atoms with van der Waals surface area (Å²) in [5, 5.41) is 11.6. The van der Waals surface area contributed by atoms with Crippen LogP contribution in [0.1, 0.15) is 127 Å². The number of allylic oxidation sites excluding steroid dienone is 2. The largest absolute Gasteiger partial charge is 0.469 e. The summed E-state index contributed by atoms with van der Waals surface area (Å²) in [6, 6.07) is 0. The zero-order chi connectivity index (χ0) is 47.1. The lowest BCUT2D eigenvalue weighted by molar-refractivity contribution is -0.371. The van der Waals surface area contributed by atoms with E-state index in [-0.39, 0.29) is 65.3 Å². The summed E-state index contributed by atoms with van der Waals surface area (Å²) in [5.74, 6) is -0.724. The lowest BCUT2D eigenvalue weighted by Crippen LogP contribution is -2.67. The van der Waals surface area contributed by atoms with E-state index >= 15 is 0 Å². The van der Waals surface area contributed by atoms with Gasteiger partial charge in [0.2, 0.25) is 0 Å². The highest BCUT2D eigenvalue weighted by molar-refractivity contribution is 5.78. The number of hydrogen-bond donors (Lipinski definition) is 1. The number of fused-ring (bicyclic) bond motifs is 8. The maximum absolute atomic E-state index is 13.8. The summed E-state index contributed by atoms with van der Waals surface area (Å²) in [7, 11) is 5.85. The van der Waals surface area contributed by atoms with Gasteiger partial charge in [-0.25, -0.2) is 4.79 Å². The van der Waals surface area contributed by atoms with Gasteiger partial charge in [0, 0.05) is 14.2 Å². The predicted molar refractivity (Wildman–Crippen MR) is 235 cm³/mol. The van der Waals surface area contributed by atoms with Gasteiger partial charge < -0.3 is 61.9 Å². The van der Waals surface area contributed by atoms with E-state index in [1.54, 1.807) is 21.0 Å². The smallest absolute Gasteiger partial charge is 0.337 e. The maximum Gasteiger partial charge on any atom is 0.337 e. The van der Waals surface area contributed by atoms with Crippen molar-refractivity contribution >= 4 is 11.9 Å². The molecule has 4 saturated carbocycles. The van der Waals surface area contributed by atoms with E-state index in [0.717, 1.165) is 64.2 Å². The molecule has 0 amide bonds. The van der Waals surface area contributed by atoms with Crippen molar-refractivity contribution in [2.75, 3.05) is 48.6 Å². The average Bonchev–Trinajstić information content (AvgIpc) is 3.58. The fourth-order valence-electron chi connectivity index (χ4n) is 15.2. The van der Waals surface area contributed by atoms with Gasteiger partial charge in [0.15, 0.2) is 24.5 Å². The summed E-state index contributed by atoms with van der Waals surface area (Å²) < 4.78 is 72.8. The van der Waals surface area contributed by atoms with Gasteiger partial charge in [-0.15, -0.1) is 0 Å².